The van der Waals surface area contributed by atoms with Crippen LogP contribution < -0.4 is 14.9 Å². The van der Waals surface area contributed by atoms with Gasteiger partial charge in [-0.1, -0.05) is 12.1 Å². The van der Waals surface area contributed by atoms with Crippen molar-refractivity contribution in [1.82, 2.24) is 5.10 Å². The van der Waals surface area contributed by atoms with E-state index >= 15 is 0 Å². The maximum absolute atomic E-state index is 12.3. The Bertz CT molecular complexity index is 855. The van der Waals surface area contributed by atoms with Crippen LogP contribution in [0.15, 0.2) is 24.3 Å². The van der Waals surface area contributed by atoms with Crippen molar-refractivity contribution < 1.29 is 44.2 Å². The first-order chi connectivity index (χ1) is 14.3. The van der Waals surface area contributed by atoms with Crippen molar-refractivity contribution in [3.8, 4) is 0 Å². The third kappa shape index (κ3) is 4.67. The quantitative estimate of drug-likeness (QED) is 0.210. The molecule has 3 rings (SSSR count). The number of aliphatic hydroxyl groups excluding tert-OH is 4. The highest BCUT2D eigenvalue weighted by molar-refractivity contribution is 5.67. The van der Waals surface area contributed by atoms with Gasteiger partial charge in [-0.25, -0.2) is 4.73 Å². The van der Waals surface area contributed by atoms with Crippen LogP contribution in [0.5, 0.6) is 0 Å². The lowest BCUT2D eigenvalue weighted by Gasteiger charge is -2.39. The number of hydrogen-bond acceptors (Lipinski definition) is 11. The molecule has 5 N–H and O–H groups in total. The van der Waals surface area contributed by atoms with Gasteiger partial charge in [0.05, 0.1) is 19.8 Å². The number of hydrogen-bond donors (Lipinski definition) is 5. The molecule has 1 aliphatic heterocycles. The van der Waals surface area contributed by atoms with Crippen molar-refractivity contribution in [2.24, 2.45) is 0 Å². The molecule has 5 unspecified atom stereocenters. The van der Waals surface area contributed by atoms with Crippen LogP contribution in [0, 0.1) is 10.4 Å². The lowest BCUT2D eigenvalue weighted by molar-refractivity contribution is -0.672. The molecule has 2 heterocycles. The van der Waals surface area contributed by atoms with E-state index in [1.54, 1.807) is 12.1 Å². The summed E-state index contributed by atoms with van der Waals surface area (Å²) in [5.41, 5.74) is 0.224. The normalized spacial score (nSPS) is 27.8. The maximum atomic E-state index is 12.3. The van der Waals surface area contributed by atoms with E-state index in [-0.39, 0.29) is 36.7 Å². The fraction of sp³-hybridized carbons (Fsp3) is 0.588. The van der Waals surface area contributed by atoms with E-state index in [1.807, 2.05) is 0 Å². The number of fused-ring (bicyclic) bond motifs is 1. The van der Waals surface area contributed by atoms with Crippen LogP contribution in [0.2, 0.25) is 0 Å². The highest BCUT2D eigenvalue weighted by Gasteiger charge is 2.44. The molecule has 1 aromatic carbocycles. The summed E-state index contributed by atoms with van der Waals surface area (Å²) in [6, 6.07) is 6.14. The first-order valence-electron chi connectivity index (χ1n) is 9.17. The van der Waals surface area contributed by atoms with Crippen LogP contribution in [0.3, 0.4) is 0 Å². The van der Waals surface area contributed by atoms with Gasteiger partial charge in [0.1, 0.15) is 30.5 Å². The van der Waals surface area contributed by atoms with Crippen molar-refractivity contribution in [3.05, 3.63) is 34.7 Å². The number of nitrogens with zero attached hydrogens (tertiary/aromatic N) is 3. The van der Waals surface area contributed by atoms with Gasteiger partial charge in [-0.3, -0.25) is 5.32 Å². The molecule has 0 spiro atoms. The predicted octanol–water partition coefficient (Wildman–Crippen LogP) is -3.25. The monoisotopic (exact) mass is 428 g/mol. The molecule has 13 heteroatoms. The summed E-state index contributed by atoms with van der Waals surface area (Å²) in [6.45, 7) is -0.554. The first kappa shape index (κ1) is 22.3. The molecule has 0 bridgehead atoms. The summed E-state index contributed by atoms with van der Waals surface area (Å²) < 4.78 is 16.0. The van der Waals surface area contributed by atoms with E-state index in [4.69, 9.17) is 14.2 Å². The van der Waals surface area contributed by atoms with Gasteiger partial charge in [0.15, 0.2) is 11.8 Å². The van der Waals surface area contributed by atoms with Crippen LogP contribution in [0.4, 0.5) is 5.95 Å². The topological polar surface area (TPSA) is 187 Å². The Kier molecular flexibility index (Phi) is 7.14. The van der Waals surface area contributed by atoms with E-state index in [0.29, 0.717) is 9.58 Å². The van der Waals surface area contributed by atoms with Crippen molar-refractivity contribution >= 4 is 17.0 Å². The summed E-state index contributed by atoms with van der Waals surface area (Å²) in [7, 11) is 1.28. The fourth-order valence-electron chi connectivity index (χ4n) is 3.04. The molecule has 30 heavy (non-hydrogen) atoms. The Morgan fingerprint density at radius 3 is 2.57 bits per heavy atom. The van der Waals surface area contributed by atoms with Gasteiger partial charge in [-0.15, -0.1) is 0 Å². The fourth-order valence-corrected chi connectivity index (χ4v) is 3.04. The molecule has 1 aliphatic rings. The highest BCUT2D eigenvalue weighted by Crippen LogP contribution is 2.21. The average molecular weight is 428 g/mol. The van der Waals surface area contributed by atoms with E-state index in [1.165, 1.54) is 19.2 Å². The Morgan fingerprint density at radius 2 is 1.87 bits per heavy atom. The van der Waals surface area contributed by atoms with Crippen molar-refractivity contribution in [3.63, 3.8) is 0 Å². The third-order valence-electron chi connectivity index (χ3n) is 4.67. The van der Waals surface area contributed by atoms with E-state index in [2.05, 4.69) is 10.4 Å². The second kappa shape index (κ2) is 9.61. The van der Waals surface area contributed by atoms with E-state index in [0.717, 1.165) is 0 Å². The highest BCUT2D eigenvalue weighted by atomic mass is 16.7. The van der Waals surface area contributed by atoms with Gasteiger partial charge in [0.25, 0.3) is 5.52 Å². The number of rotatable bonds is 8. The summed E-state index contributed by atoms with van der Waals surface area (Å²) in [5.74, 6) is -0.283. The van der Waals surface area contributed by atoms with E-state index < -0.39 is 36.8 Å². The number of anilines is 1. The number of nitrogens with one attached hydrogen (secondary N) is 1. The third-order valence-corrected chi connectivity index (χ3v) is 4.67. The standard InChI is InChI=1S/C17H24N4O9/c1-28-16-15(25)14(24)13(23)12(30-16)8-29-7-9(22)6-18-17-19-21(27)11-5-3-2-4-10(11)20(17)26/h2-5,9,12-16,22-25H,6-8H2,1H3,(H,18,19)/t9?,12?,13?,14-,15?,16?/m0/s1. The van der Waals surface area contributed by atoms with Gasteiger partial charge in [0, 0.05) is 18.0 Å². The largest absolute Gasteiger partial charge is 0.739 e. The van der Waals surface area contributed by atoms with Crippen molar-refractivity contribution in [2.45, 2.75) is 36.8 Å². The number of benzene rings is 1. The van der Waals surface area contributed by atoms with E-state index in [9.17, 15) is 30.8 Å². The number of para-hydroxylation sites is 2. The van der Waals surface area contributed by atoms with Crippen molar-refractivity contribution in [1.29, 1.82) is 0 Å². The second-order valence-corrected chi connectivity index (χ2v) is 6.80. The second-order valence-electron chi connectivity index (χ2n) is 6.80. The predicted molar refractivity (Wildman–Crippen MR) is 98.7 cm³/mol. The molecule has 1 aromatic heterocycles. The zero-order valence-corrected chi connectivity index (χ0v) is 16.1. The molecule has 0 aliphatic carbocycles. The Labute approximate surface area is 170 Å². The zero-order valence-electron chi connectivity index (χ0n) is 16.1. The molecular weight excluding hydrogens is 404 g/mol. The van der Waals surface area contributed by atoms with Gasteiger partial charge < -0.3 is 45.1 Å². The Balaban J connectivity index is 1.50. The smallest absolute Gasteiger partial charge is 0.461 e. The number of aliphatic hydroxyl groups is 4. The molecule has 1 fully saturated rings. The minimum atomic E-state index is -1.48. The van der Waals surface area contributed by atoms with Gasteiger partial charge in [-0.2, -0.15) is 0 Å². The molecule has 6 atom stereocenters. The summed E-state index contributed by atoms with van der Waals surface area (Å²) in [6.07, 6.45) is -7.50. The number of aromatic nitrogens is 3. The summed E-state index contributed by atoms with van der Waals surface area (Å²) in [4.78, 5) is 0.308. The molecule has 166 valence electrons. The molecule has 0 radical (unpaired) electrons. The molecule has 0 amide bonds. The lowest BCUT2D eigenvalue weighted by Crippen LogP contribution is -2.59. The van der Waals surface area contributed by atoms with Crippen LogP contribution in [0.25, 0.3) is 11.0 Å². The van der Waals surface area contributed by atoms with Gasteiger partial charge in [0.2, 0.25) is 5.10 Å². The Morgan fingerprint density at radius 1 is 1.17 bits per heavy atom. The minimum absolute atomic E-state index is 0.106. The van der Waals surface area contributed by atoms with Crippen LogP contribution in [-0.4, -0.2) is 89.2 Å². The first-order valence-corrected chi connectivity index (χ1v) is 9.17. The summed E-state index contributed by atoms with van der Waals surface area (Å²) in [5, 5.41) is 69.9. The molecular formula is C17H24N4O9. The molecule has 1 saturated heterocycles. The maximum Gasteiger partial charge on any atom is 0.461 e. The summed E-state index contributed by atoms with van der Waals surface area (Å²) >= 11 is 0. The minimum Gasteiger partial charge on any atom is -0.739 e. The van der Waals surface area contributed by atoms with Gasteiger partial charge >= 0.3 is 5.95 Å². The number of methoxy groups -OCH3 is 1. The average Bonchev–Trinajstić information content (AvgIpc) is 2.75. The molecule has 2 aromatic rings. The van der Waals surface area contributed by atoms with Crippen molar-refractivity contribution in [2.75, 3.05) is 32.2 Å². The Hall–Kier alpha value is -2.39. The zero-order chi connectivity index (χ0) is 21.8. The lowest BCUT2D eigenvalue weighted by atomic mass is 9.99. The molecule has 13 nitrogen and oxygen atoms in total. The van der Waals surface area contributed by atoms with Crippen LogP contribution in [-0.2, 0) is 14.2 Å². The van der Waals surface area contributed by atoms with Crippen LogP contribution >= 0.6 is 0 Å². The molecule has 0 saturated carbocycles. The van der Waals surface area contributed by atoms with Crippen LogP contribution in [0.1, 0.15) is 0 Å². The van der Waals surface area contributed by atoms with Gasteiger partial charge in [-0.05, 0) is 6.07 Å². The number of ether oxygens (including phenoxy) is 3. The SMILES string of the molecule is COC1OC(COCC(O)CNc2n[n+]([O-])c3ccccc3[n+]2[O-])C(O)[C@H](O)C1O.